The van der Waals surface area contributed by atoms with E-state index in [1.165, 1.54) is 30.5 Å². The fourth-order valence-electron chi connectivity index (χ4n) is 1.29. The van der Waals surface area contributed by atoms with Crippen LogP contribution in [-0.4, -0.2) is 21.1 Å². The van der Waals surface area contributed by atoms with Gasteiger partial charge in [-0.25, -0.2) is 15.0 Å². The van der Waals surface area contributed by atoms with Crippen molar-refractivity contribution >= 4 is 18.4 Å². The van der Waals surface area contributed by atoms with Gasteiger partial charge in [-0.1, -0.05) is 12.1 Å². The smallest absolute Gasteiger partial charge is 0.250 e. The first-order chi connectivity index (χ1) is 9.38. The van der Waals surface area contributed by atoms with Crippen LogP contribution in [0.4, 0.5) is 17.6 Å². The highest BCUT2D eigenvalue weighted by Gasteiger charge is 2.37. The summed E-state index contributed by atoms with van der Waals surface area (Å²) >= 11 is 4.65. The summed E-state index contributed by atoms with van der Waals surface area (Å²) in [5, 5.41) is 8.66. The average Bonchev–Trinajstić information content (AvgIpc) is 2.73. The Morgan fingerprint density at radius 3 is 2.55 bits per heavy atom. The normalized spacial score (nSPS) is 12.0. The Labute approximate surface area is 114 Å². The molecule has 0 aliphatic rings. The molecule has 2 rings (SSSR count). The summed E-state index contributed by atoms with van der Waals surface area (Å²) in [7, 11) is 0. The third-order valence-corrected chi connectivity index (χ3v) is 2.44. The molecular formula is C10H7F4N5S. The Morgan fingerprint density at radius 2 is 1.95 bits per heavy atom. The third-order valence-electron chi connectivity index (χ3n) is 2.17. The van der Waals surface area contributed by atoms with Crippen molar-refractivity contribution in [3.8, 4) is 0 Å². The first-order valence-electron chi connectivity index (χ1n) is 5.17. The molecule has 1 heterocycles. The van der Waals surface area contributed by atoms with E-state index in [-0.39, 0.29) is 4.77 Å². The van der Waals surface area contributed by atoms with E-state index in [0.29, 0.717) is 10.2 Å². The number of aromatic amines is 1. The van der Waals surface area contributed by atoms with E-state index in [9.17, 15) is 17.6 Å². The van der Waals surface area contributed by atoms with Crippen molar-refractivity contribution in [1.29, 1.82) is 0 Å². The molecule has 0 aliphatic carbocycles. The molecule has 0 aliphatic heterocycles. The molecule has 0 amide bonds. The molecule has 0 saturated heterocycles. The van der Waals surface area contributed by atoms with Crippen LogP contribution in [0.2, 0.25) is 0 Å². The summed E-state index contributed by atoms with van der Waals surface area (Å²) in [5.74, 6) is -1.68. The van der Waals surface area contributed by atoms with Gasteiger partial charge in [-0.15, -0.1) is 5.10 Å². The van der Waals surface area contributed by atoms with Crippen molar-refractivity contribution in [3.63, 3.8) is 0 Å². The second-order valence-electron chi connectivity index (χ2n) is 3.60. The number of hydrogen-bond acceptors (Lipinski definition) is 4. The molecule has 0 unspecified atom stereocenters. The van der Waals surface area contributed by atoms with Crippen molar-refractivity contribution in [2.45, 2.75) is 6.18 Å². The van der Waals surface area contributed by atoms with Crippen molar-refractivity contribution in [2.24, 2.45) is 5.10 Å². The highest BCUT2D eigenvalue weighted by Crippen LogP contribution is 2.26. The number of hydrazone groups is 1. The second kappa shape index (κ2) is 5.41. The maximum atomic E-state index is 12.7. The molecule has 0 spiro atoms. The third kappa shape index (κ3) is 3.20. The van der Waals surface area contributed by atoms with E-state index in [1.54, 1.807) is 0 Å². The first kappa shape index (κ1) is 14.2. The van der Waals surface area contributed by atoms with Gasteiger partial charge in [-0.3, -0.25) is 0 Å². The lowest BCUT2D eigenvalue weighted by atomic mass is 10.2. The van der Waals surface area contributed by atoms with Crippen molar-refractivity contribution in [1.82, 2.24) is 14.9 Å². The number of rotatable bonds is 3. The average molecular weight is 305 g/mol. The van der Waals surface area contributed by atoms with Gasteiger partial charge in [0.25, 0.3) is 5.82 Å². The highest BCUT2D eigenvalue weighted by molar-refractivity contribution is 7.71. The summed E-state index contributed by atoms with van der Waals surface area (Å²) in [6.45, 7) is 0. The van der Waals surface area contributed by atoms with Crippen molar-refractivity contribution in [2.75, 3.05) is 5.53 Å². The number of nitrogens with one attached hydrogen (secondary N) is 2. The highest BCUT2D eigenvalue weighted by atomic mass is 32.1. The summed E-state index contributed by atoms with van der Waals surface area (Å²) in [5.41, 5.74) is 2.61. The minimum Gasteiger partial charge on any atom is -0.250 e. The molecule has 20 heavy (non-hydrogen) atoms. The molecule has 0 fully saturated rings. The predicted molar refractivity (Wildman–Crippen MR) is 65.8 cm³/mol. The van der Waals surface area contributed by atoms with E-state index >= 15 is 0 Å². The summed E-state index contributed by atoms with van der Waals surface area (Å²) in [4.78, 5) is 0. The molecule has 0 saturated carbocycles. The zero-order valence-corrected chi connectivity index (χ0v) is 10.5. The molecule has 1 aromatic heterocycles. The summed E-state index contributed by atoms with van der Waals surface area (Å²) < 4.78 is 50.6. The standard InChI is InChI=1S/C10H7F4N5S/c11-7-3-1-6(2-4-7)5-15-18-19-8(10(12,13)14)16-17-9(19)20/h1-5,18H,(H,17,20)/b15-5-. The van der Waals surface area contributed by atoms with Crippen LogP contribution < -0.4 is 5.53 Å². The monoisotopic (exact) mass is 305 g/mol. The molecule has 2 N–H and O–H groups in total. The lowest BCUT2D eigenvalue weighted by molar-refractivity contribution is -0.146. The van der Waals surface area contributed by atoms with Crippen LogP contribution in [0, 0.1) is 10.6 Å². The SMILES string of the molecule is Fc1ccc(/C=N\Nn2c(C(F)(F)F)n[nH]c2=S)cc1. The van der Waals surface area contributed by atoms with Gasteiger partial charge >= 0.3 is 6.18 Å². The number of nitrogens with zero attached hydrogens (tertiary/aromatic N) is 3. The minimum absolute atomic E-state index is 0.284. The van der Waals surface area contributed by atoms with Crippen LogP contribution in [0.1, 0.15) is 11.4 Å². The van der Waals surface area contributed by atoms with Crippen LogP contribution in [0.3, 0.4) is 0 Å². The summed E-state index contributed by atoms with van der Waals surface area (Å²) in [6.07, 6.45) is -3.46. The molecular weight excluding hydrogens is 298 g/mol. The van der Waals surface area contributed by atoms with E-state index in [2.05, 4.69) is 28.0 Å². The Kier molecular flexibility index (Phi) is 3.84. The van der Waals surface area contributed by atoms with Gasteiger partial charge in [-0.05, 0) is 29.9 Å². The van der Waals surface area contributed by atoms with Crippen molar-refractivity contribution in [3.05, 3.63) is 46.2 Å². The number of halogens is 4. The fourth-order valence-corrected chi connectivity index (χ4v) is 1.46. The lowest BCUT2D eigenvalue weighted by Crippen LogP contribution is -2.20. The predicted octanol–water partition coefficient (Wildman–Crippen LogP) is 2.68. The molecule has 0 bridgehead atoms. The van der Waals surface area contributed by atoms with Gasteiger partial charge in [0.2, 0.25) is 4.77 Å². The van der Waals surface area contributed by atoms with Crippen LogP contribution in [0.5, 0.6) is 0 Å². The molecule has 0 radical (unpaired) electrons. The van der Waals surface area contributed by atoms with E-state index in [0.717, 1.165) is 0 Å². The molecule has 0 atom stereocenters. The minimum atomic E-state index is -4.67. The molecule has 10 heteroatoms. The van der Waals surface area contributed by atoms with Crippen LogP contribution in [0.25, 0.3) is 0 Å². The number of H-pyrrole nitrogens is 1. The van der Waals surface area contributed by atoms with E-state index in [4.69, 9.17) is 0 Å². The zero-order valence-electron chi connectivity index (χ0n) is 9.65. The van der Waals surface area contributed by atoms with Crippen LogP contribution in [-0.2, 0) is 6.18 Å². The van der Waals surface area contributed by atoms with Gasteiger partial charge in [-0.2, -0.15) is 22.9 Å². The maximum Gasteiger partial charge on any atom is 0.453 e. The van der Waals surface area contributed by atoms with Gasteiger partial charge in [0.1, 0.15) is 5.82 Å². The van der Waals surface area contributed by atoms with Gasteiger partial charge in [0.15, 0.2) is 0 Å². The molecule has 1 aromatic carbocycles. The number of hydrogen-bond donors (Lipinski definition) is 2. The number of benzene rings is 1. The topological polar surface area (TPSA) is 58.0 Å². The molecule has 106 valence electrons. The molecule has 2 aromatic rings. The Balaban J connectivity index is 2.17. The second-order valence-corrected chi connectivity index (χ2v) is 3.98. The Morgan fingerprint density at radius 1 is 1.30 bits per heavy atom. The van der Waals surface area contributed by atoms with Gasteiger partial charge < -0.3 is 0 Å². The summed E-state index contributed by atoms with van der Waals surface area (Å²) in [6, 6.07) is 5.23. The van der Waals surface area contributed by atoms with Crippen LogP contribution in [0.15, 0.2) is 29.4 Å². The first-order valence-corrected chi connectivity index (χ1v) is 5.58. The molecule has 5 nitrogen and oxygen atoms in total. The van der Waals surface area contributed by atoms with Crippen LogP contribution >= 0.6 is 12.2 Å². The Bertz CT molecular complexity index is 670. The van der Waals surface area contributed by atoms with Crippen molar-refractivity contribution < 1.29 is 17.6 Å². The largest absolute Gasteiger partial charge is 0.453 e. The van der Waals surface area contributed by atoms with Gasteiger partial charge in [0.05, 0.1) is 6.21 Å². The van der Waals surface area contributed by atoms with E-state index < -0.39 is 17.8 Å². The quantitative estimate of drug-likeness (QED) is 0.397. The fraction of sp³-hybridized carbons (Fsp3) is 0.100. The lowest BCUT2D eigenvalue weighted by Gasteiger charge is -2.07. The maximum absolute atomic E-state index is 12.7. The number of aromatic nitrogens is 3. The zero-order chi connectivity index (χ0) is 14.8. The number of alkyl halides is 3. The van der Waals surface area contributed by atoms with Gasteiger partial charge in [0, 0.05) is 0 Å². The van der Waals surface area contributed by atoms with E-state index in [1.807, 2.05) is 5.10 Å². The Hall–Kier alpha value is -2.23.